The lowest BCUT2D eigenvalue weighted by Crippen LogP contribution is -2.57. The van der Waals surface area contributed by atoms with Crippen molar-refractivity contribution in [1.82, 2.24) is 0 Å². The van der Waals surface area contributed by atoms with Gasteiger partial charge >= 0.3 is 0 Å². The van der Waals surface area contributed by atoms with Crippen LogP contribution in [0.3, 0.4) is 0 Å². The fraction of sp³-hybridized carbons (Fsp3) is 1.00. The second-order valence-electron chi connectivity index (χ2n) is 9.56. The highest BCUT2D eigenvalue weighted by atomic mass is 16.6. The zero-order valence-electron chi connectivity index (χ0n) is 13.9. The van der Waals surface area contributed by atoms with Crippen molar-refractivity contribution in [3.05, 3.63) is 0 Å². The van der Waals surface area contributed by atoms with Crippen LogP contribution in [0.1, 0.15) is 65.2 Å². The summed E-state index contributed by atoms with van der Waals surface area (Å²) in [6.07, 6.45) is 10.1. The second-order valence-corrected chi connectivity index (χ2v) is 9.56. The van der Waals surface area contributed by atoms with Gasteiger partial charge in [-0.15, -0.1) is 0 Å². The highest BCUT2D eigenvalue weighted by molar-refractivity contribution is 5.14. The summed E-state index contributed by atoms with van der Waals surface area (Å²) in [6.45, 7) is 4.69. The molecule has 4 saturated carbocycles. The standard InChI is InChI=1S/C19H30O3/c1-17-8-7-15-16(22-15)14(17)4-3-11-12(17)5-9-18(2)13(11)6-10-19(18,20)21/h11-16,20-21H,3-10H2,1-2H3/t11-,12+,13+,14+,15-,16+,17-,18+/m1/s1. The second kappa shape index (κ2) is 4.10. The Balaban J connectivity index is 1.48. The van der Waals surface area contributed by atoms with Crippen molar-refractivity contribution >= 4 is 0 Å². The molecule has 3 heteroatoms. The summed E-state index contributed by atoms with van der Waals surface area (Å²) in [6, 6.07) is 0. The van der Waals surface area contributed by atoms with E-state index >= 15 is 0 Å². The van der Waals surface area contributed by atoms with Crippen LogP contribution in [0.25, 0.3) is 0 Å². The highest BCUT2D eigenvalue weighted by Gasteiger charge is 2.67. The van der Waals surface area contributed by atoms with Gasteiger partial charge in [-0.2, -0.15) is 0 Å². The molecule has 5 aliphatic rings. The van der Waals surface area contributed by atoms with E-state index in [2.05, 4.69) is 13.8 Å². The zero-order chi connectivity index (χ0) is 15.3. The fourth-order valence-corrected chi connectivity index (χ4v) is 7.58. The van der Waals surface area contributed by atoms with Gasteiger partial charge in [0.2, 0.25) is 0 Å². The molecule has 0 spiro atoms. The highest BCUT2D eigenvalue weighted by Crippen LogP contribution is 2.69. The van der Waals surface area contributed by atoms with Gasteiger partial charge in [0.05, 0.1) is 12.2 Å². The van der Waals surface area contributed by atoms with E-state index in [4.69, 9.17) is 4.74 Å². The van der Waals surface area contributed by atoms with Crippen molar-refractivity contribution in [1.29, 1.82) is 0 Å². The first-order valence-corrected chi connectivity index (χ1v) is 9.47. The molecule has 8 atom stereocenters. The first-order valence-electron chi connectivity index (χ1n) is 9.47. The average Bonchev–Trinajstić information content (AvgIpc) is 3.20. The number of epoxide rings is 1. The number of aliphatic hydroxyl groups is 2. The summed E-state index contributed by atoms with van der Waals surface area (Å²) < 4.78 is 5.95. The van der Waals surface area contributed by atoms with Gasteiger partial charge in [-0.05, 0) is 74.0 Å². The minimum absolute atomic E-state index is 0.273. The van der Waals surface area contributed by atoms with Gasteiger partial charge < -0.3 is 14.9 Å². The summed E-state index contributed by atoms with van der Waals surface area (Å²) in [5.41, 5.74) is 0.169. The Kier molecular flexibility index (Phi) is 2.65. The Morgan fingerprint density at radius 1 is 0.818 bits per heavy atom. The molecule has 1 aliphatic heterocycles. The van der Waals surface area contributed by atoms with E-state index in [1.165, 1.54) is 32.1 Å². The normalized spacial score (nSPS) is 61.6. The summed E-state index contributed by atoms with van der Waals surface area (Å²) in [4.78, 5) is 0. The Hall–Kier alpha value is -0.120. The third-order valence-electron chi connectivity index (χ3n) is 9.04. The first-order chi connectivity index (χ1) is 10.4. The molecule has 124 valence electrons. The largest absolute Gasteiger partial charge is 0.369 e. The molecule has 0 bridgehead atoms. The molecule has 0 aromatic heterocycles. The van der Waals surface area contributed by atoms with Gasteiger partial charge in [-0.1, -0.05) is 13.8 Å². The van der Waals surface area contributed by atoms with Gasteiger partial charge in [0.15, 0.2) is 5.79 Å². The van der Waals surface area contributed by atoms with Crippen molar-refractivity contribution in [2.24, 2.45) is 34.5 Å². The van der Waals surface area contributed by atoms with Gasteiger partial charge in [0.1, 0.15) is 0 Å². The molecule has 0 aromatic carbocycles. The predicted octanol–water partition coefficient (Wildman–Crippen LogP) is 3.09. The van der Waals surface area contributed by atoms with E-state index in [0.717, 1.165) is 24.7 Å². The maximum Gasteiger partial charge on any atom is 0.168 e. The summed E-state index contributed by atoms with van der Waals surface area (Å²) in [7, 11) is 0. The quantitative estimate of drug-likeness (QED) is 0.534. The molecule has 5 fully saturated rings. The molecule has 2 N–H and O–H groups in total. The smallest absolute Gasteiger partial charge is 0.168 e. The van der Waals surface area contributed by atoms with E-state index in [0.29, 0.717) is 35.9 Å². The van der Waals surface area contributed by atoms with Crippen LogP contribution in [0.4, 0.5) is 0 Å². The van der Waals surface area contributed by atoms with Crippen LogP contribution in [-0.4, -0.2) is 28.2 Å². The van der Waals surface area contributed by atoms with E-state index < -0.39 is 5.79 Å². The molecular weight excluding hydrogens is 276 g/mol. The number of hydrogen-bond donors (Lipinski definition) is 2. The average molecular weight is 306 g/mol. The summed E-state index contributed by atoms with van der Waals surface area (Å²) in [5.74, 6) is 1.33. The van der Waals surface area contributed by atoms with Gasteiger partial charge in [-0.3, -0.25) is 0 Å². The maximum atomic E-state index is 10.5. The fourth-order valence-electron chi connectivity index (χ4n) is 7.58. The minimum atomic E-state index is -1.43. The Bertz CT molecular complexity index is 503. The number of hydrogen-bond acceptors (Lipinski definition) is 3. The molecule has 1 heterocycles. The van der Waals surface area contributed by atoms with E-state index in [-0.39, 0.29) is 5.41 Å². The number of rotatable bonds is 0. The third-order valence-corrected chi connectivity index (χ3v) is 9.04. The molecule has 0 unspecified atom stereocenters. The Labute approximate surface area is 133 Å². The topological polar surface area (TPSA) is 53.0 Å². The van der Waals surface area contributed by atoms with Crippen molar-refractivity contribution in [3.8, 4) is 0 Å². The van der Waals surface area contributed by atoms with Crippen LogP contribution in [0.15, 0.2) is 0 Å². The lowest BCUT2D eigenvalue weighted by molar-refractivity contribution is -0.251. The lowest BCUT2D eigenvalue weighted by Gasteiger charge is -2.60. The van der Waals surface area contributed by atoms with E-state index in [1.54, 1.807) is 0 Å². The summed E-state index contributed by atoms with van der Waals surface area (Å²) >= 11 is 0. The predicted molar refractivity (Wildman–Crippen MR) is 82.9 cm³/mol. The van der Waals surface area contributed by atoms with Crippen molar-refractivity contribution in [2.45, 2.75) is 83.2 Å². The third kappa shape index (κ3) is 1.54. The number of fused-ring (bicyclic) bond motifs is 7. The van der Waals surface area contributed by atoms with Gasteiger partial charge in [0, 0.05) is 11.8 Å². The first kappa shape index (κ1) is 14.2. The molecule has 22 heavy (non-hydrogen) atoms. The number of ether oxygens (including phenoxy) is 1. The van der Waals surface area contributed by atoms with Crippen LogP contribution in [-0.2, 0) is 4.74 Å². The van der Waals surface area contributed by atoms with Crippen molar-refractivity contribution in [2.75, 3.05) is 0 Å². The van der Waals surface area contributed by atoms with Crippen LogP contribution >= 0.6 is 0 Å². The maximum absolute atomic E-state index is 10.5. The van der Waals surface area contributed by atoms with E-state index in [9.17, 15) is 10.2 Å². The van der Waals surface area contributed by atoms with Gasteiger partial charge in [0.25, 0.3) is 0 Å². The molecule has 3 nitrogen and oxygen atoms in total. The Morgan fingerprint density at radius 3 is 2.41 bits per heavy atom. The van der Waals surface area contributed by atoms with Crippen LogP contribution in [0.5, 0.6) is 0 Å². The molecule has 1 saturated heterocycles. The van der Waals surface area contributed by atoms with Crippen molar-refractivity contribution in [3.63, 3.8) is 0 Å². The molecule has 5 rings (SSSR count). The van der Waals surface area contributed by atoms with Crippen LogP contribution in [0.2, 0.25) is 0 Å². The minimum Gasteiger partial charge on any atom is -0.369 e. The molecule has 4 aliphatic carbocycles. The SMILES string of the molecule is C[C@]12CC[C@H]3O[C@H]3[C@@H]1CC[C@@H]1[C@@H]2CC[C@@]2(C)[C@H]1CCC2(O)O. The van der Waals surface area contributed by atoms with Crippen LogP contribution < -0.4 is 0 Å². The molecule has 0 aromatic rings. The zero-order valence-corrected chi connectivity index (χ0v) is 13.9. The molecule has 0 amide bonds. The molecule has 0 radical (unpaired) electrons. The van der Waals surface area contributed by atoms with Gasteiger partial charge in [-0.25, -0.2) is 0 Å². The van der Waals surface area contributed by atoms with Crippen LogP contribution in [0, 0.1) is 34.5 Å². The molecular formula is C19H30O3. The van der Waals surface area contributed by atoms with Crippen molar-refractivity contribution < 1.29 is 14.9 Å². The lowest BCUT2D eigenvalue weighted by atomic mass is 9.45. The van der Waals surface area contributed by atoms with E-state index in [1.807, 2.05) is 0 Å². The monoisotopic (exact) mass is 306 g/mol. The Morgan fingerprint density at radius 2 is 1.59 bits per heavy atom. The summed E-state index contributed by atoms with van der Waals surface area (Å²) in [5, 5.41) is 21.0.